The minimum absolute atomic E-state index is 0.0408. The van der Waals surface area contributed by atoms with Gasteiger partial charge in [-0.1, -0.05) is 5.16 Å². The number of methoxy groups -OCH3 is 2. The lowest BCUT2D eigenvalue weighted by atomic mass is 10.1. The molecule has 2 aliphatic rings. The lowest BCUT2D eigenvalue weighted by Gasteiger charge is -2.20. The first-order valence-electron chi connectivity index (χ1n) is 9.42. The highest BCUT2D eigenvalue weighted by molar-refractivity contribution is 5.98. The molecule has 1 saturated heterocycles. The molecule has 5 rings (SSSR count). The van der Waals surface area contributed by atoms with Gasteiger partial charge in [-0.2, -0.15) is 4.98 Å². The van der Waals surface area contributed by atoms with Gasteiger partial charge in [0, 0.05) is 30.5 Å². The number of fused-ring (bicyclic) bond motifs is 1. The lowest BCUT2D eigenvalue weighted by Crippen LogP contribution is -2.25. The van der Waals surface area contributed by atoms with Crippen molar-refractivity contribution in [2.75, 3.05) is 32.5 Å². The maximum absolute atomic E-state index is 12.7. The van der Waals surface area contributed by atoms with Gasteiger partial charge < -0.3 is 28.4 Å². The molecule has 3 heterocycles. The molecule has 3 aromatic rings. The molecular weight excluding hydrogens is 390 g/mol. The zero-order valence-corrected chi connectivity index (χ0v) is 16.5. The second-order valence-electron chi connectivity index (χ2n) is 6.97. The number of amides is 1. The molecule has 0 radical (unpaired) electrons. The Kier molecular flexibility index (Phi) is 4.42. The fourth-order valence-corrected chi connectivity index (χ4v) is 3.67. The molecule has 2 aliphatic heterocycles. The topological polar surface area (TPSA) is 96.2 Å². The third kappa shape index (κ3) is 3.08. The van der Waals surface area contributed by atoms with Crippen molar-refractivity contribution in [2.24, 2.45) is 0 Å². The number of aromatic nitrogens is 2. The van der Waals surface area contributed by atoms with Crippen molar-refractivity contribution in [3.8, 4) is 34.5 Å². The van der Waals surface area contributed by atoms with E-state index in [0.29, 0.717) is 46.9 Å². The molecule has 1 amide bonds. The van der Waals surface area contributed by atoms with Crippen LogP contribution in [0.1, 0.15) is 18.2 Å². The van der Waals surface area contributed by atoms with Crippen LogP contribution in [0.5, 0.6) is 23.0 Å². The van der Waals surface area contributed by atoms with E-state index in [0.717, 1.165) is 5.56 Å². The summed E-state index contributed by atoms with van der Waals surface area (Å²) in [7, 11) is 3.15. The highest BCUT2D eigenvalue weighted by Gasteiger charge is 2.36. The summed E-state index contributed by atoms with van der Waals surface area (Å²) in [5, 5.41) is 4.11. The van der Waals surface area contributed by atoms with Gasteiger partial charge in [0.25, 0.3) is 5.89 Å². The zero-order valence-electron chi connectivity index (χ0n) is 16.5. The molecule has 1 atom stereocenters. The van der Waals surface area contributed by atoms with Crippen LogP contribution in [0, 0.1) is 0 Å². The molecule has 1 unspecified atom stereocenters. The summed E-state index contributed by atoms with van der Waals surface area (Å²) in [4.78, 5) is 18.9. The highest BCUT2D eigenvalue weighted by atomic mass is 16.7. The Morgan fingerprint density at radius 2 is 1.93 bits per heavy atom. The van der Waals surface area contributed by atoms with Gasteiger partial charge in [-0.05, 0) is 30.3 Å². The van der Waals surface area contributed by atoms with Crippen molar-refractivity contribution in [1.82, 2.24) is 10.1 Å². The molecule has 9 heteroatoms. The average molecular weight is 409 g/mol. The number of ether oxygens (including phenoxy) is 4. The maximum Gasteiger partial charge on any atom is 0.258 e. The minimum atomic E-state index is -0.195. The Labute approximate surface area is 172 Å². The van der Waals surface area contributed by atoms with Crippen molar-refractivity contribution in [2.45, 2.75) is 12.3 Å². The molecule has 2 aromatic carbocycles. The largest absolute Gasteiger partial charge is 0.497 e. The van der Waals surface area contributed by atoms with Crippen LogP contribution in [-0.4, -0.2) is 43.6 Å². The molecule has 30 heavy (non-hydrogen) atoms. The summed E-state index contributed by atoms with van der Waals surface area (Å²) in [6.45, 7) is 0.615. The summed E-state index contributed by atoms with van der Waals surface area (Å²) < 4.78 is 26.9. The van der Waals surface area contributed by atoms with E-state index in [1.165, 1.54) is 0 Å². The van der Waals surface area contributed by atoms with E-state index in [2.05, 4.69) is 10.1 Å². The van der Waals surface area contributed by atoms with Gasteiger partial charge in [0.05, 0.1) is 19.9 Å². The molecule has 0 bridgehead atoms. The molecule has 0 aliphatic carbocycles. The van der Waals surface area contributed by atoms with Crippen molar-refractivity contribution in [3.63, 3.8) is 0 Å². The molecule has 154 valence electrons. The standard InChI is InChI=1S/C21H19N3O6/c1-26-14-4-6-16(27-2)15(9-14)24-10-13(8-19(24)25)20-22-21(30-23-20)12-3-5-17-18(7-12)29-11-28-17/h3-7,9,13H,8,10-11H2,1-2H3. The van der Waals surface area contributed by atoms with E-state index >= 15 is 0 Å². The van der Waals surface area contributed by atoms with Crippen molar-refractivity contribution < 1.29 is 28.3 Å². The van der Waals surface area contributed by atoms with Crippen LogP contribution in [0.3, 0.4) is 0 Å². The Hall–Kier alpha value is -3.75. The van der Waals surface area contributed by atoms with Crippen molar-refractivity contribution in [3.05, 3.63) is 42.2 Å². The first kappa shape index (κ1) is 18.3. The smallest absolute Gasteiger partial charge is 0.258 e. The summed E-state index contributed by atoms with van der Waals surface area (Å²) in [5.74, 6) is 3.18. The summed E-state index contributed by atoms with van der Waals surface area (Å²) in [6, 6.07) is 10.8. The third-order valence-corrected chi connectivity index (χ3v) is 5.23. The van der Waals surface area contributed by atoms with E-state index in [4.69, 9.17) is 23.5 Å². The monoisotopic (exact) mass is 409 g/mol. The van der Waals surface area contributed by atoms with E-state index in [9.17, 15) is 4.79 Å². The van der Waals surface area contributed by atoms with Gasteiger partial charge in [0.2, 0.25) is 12.7 Å². The summed E-state index contributed by atoms with van der Waals surface area (Å²) in [5.41, 5.74) is 1.39. The van der Waals surface area contributed by atoms with E-state index in [-0.39, 0.29) is 25.0 Å². The number of rotatable bonds is 5. The highest BCUT2D eigenvalue weighted by Crippen LogP contribution is 2.39. The summed E-state index contributed by atoms with van der Waals surface area (Å²) in [6.07, 6.45) is 0.278. The Balaban J connectivity index is 1.39. The van der Waals surface area contributed by atoms with E-state index in [1.807, 2.05) is 6.07 Å². The Morgan fingerprint density at radius 3 is 2.77 bits per heavy atom. The van der Waals surface area contributed by atoms with Gasteiger partial charge in [0.1, 0.15) is 11.5 Å². The summed E-state index contributed by atoms with van der Waals surface area (Å²) >= 11 is 0. The van der Waals surface area contributed by atoms with Crippen LogP contribution in [0.15, 0.2) is 40.9 Å². The average Bonchev–Trinajstić information content (AvgIpc) is 3.51. The van der Waals surface area contributed by atoms with E-state index < -0.39 is 0 Å². The number of carbonyl (C=O) groups is 1. The van der Waals surface area contributed by atoms with Gasteiger partial charge in [-0.25, -0.2) is 0 Å². The SMILES string of the molecule is COc1ccc(OC)c(N2CC(c3noc(-c4ccc5c(c4)OCO5)n3)CC2=O)c1. The number of benzene rings is 2. The maximum atomic E-state index is 12.7. The Morgan fingerprint density at radius 1 is 1.07 bits per heavy atom. The van der Waals surface area contributed by atoms with Crippen LogP contribution in [0.4, 0.5) is 5.69 Å². The first-order chi connectivity index (χ1) is 14.7. The van der Waals surface area contributed by atoms with Crippen molar-refractivity contribution >= 4 is 11.6 Å². The number of hydrogen-bond acceptors (Lipinski definition) is 8. The second-order valence-corrected chi connectivity index (χ2v) is 6.97. The molecule has 1 fully saturated rings. The predicted molar refractivity (Wildman–Crippen MR) is 105 cm³/mol. The Bertz CT molecular complexity index is 1110. The fourth-order valence-electron chi connectivity index (χ4n) is 3.67. The molecule has 1 aromatic heterocycles. The van der Waals surface area contributed by atoms with Gasteiger partial charge in [0.15, 0.2) is 17.3 Å². The third-order valence-electron chi connectivity index (χ3n) is 5.23. The normalized spacial score (nSPS) is 17.5. The first-order valence-corrected chi connectivity index (χ1v) is 9.42. The number of hydrogen-bond donors (Lipinski definition) is 0. The van der Waals surface area contributed by atoms with Crippen LogP contribution < -0.4 is 23.8 Å². The number of anilines is 1. The lowest BCUT2D eigenvalue weighted by molar-refractivity contribution is -0.117. The van der Waals surface area contributed by atoms with Crippen LogP contribution in [-0.2, 0) is 4.79 Å². The van der Waals surface area contributed by atoms with E-state index in [1.54, 1.807) is 49.5 Å². The fraction of sp³-hybridized carbons (Fsp3) is 0.286. The molecule has 0 saturated carbocycles. The van der Waals surface area contributed by atoms with Gasteiger partial charge >= 0.3 is 0 Å². The number of carbonyl (C=O) groups excluding carboxylic acids is 1. The minimum Gasteiger partial charge on any atom is -0.497 e. The van der Waals surface area contributed by atoms with Crippen molar-refractivity contribution in [1.29, 1.82) is 0 Å². The zero-order chi connectivity index (χ0) is 20.7. The van der Waals surface area contributed by atoms with Gasteiger partial charge in [-0.3, -0.25) is 4.79 Å². The molecule has 0 spiro atoms. The quantitative estimate of drug-likeness (QED) is 0.635. The molecular formula is C21H19N3O6. The number of nitrogens with zero attached hydrogens (tertiary/aromatic N) is 3. The van der Waals surface area contributed by atoms with Gasteiger partial charge in [-0.15, -0.1) is 0 Å². The predicted octanol–water partition coefficient (Wildman–Crippen LogP) is 3.00. The molecule has 9 nitrogen and oxygen atoms in total. The van der Waals surface area contributed by atoms with Crippen LogP contribution in [0.25, 0.3) is 11.5 Å². The second kappa shape index (κ2) is 7.25. The molecule has 0 N–H and O–H groups in total. The van der Waals surface area contributed by atoms with Crippen LogP contribution in [0.2, 0.25) is 0 Å². The van der Waals surface area contributed by atoms with Crippen LogP contribution >= 0.6 is 0 Å².